The van der Waals surface area contributed by atoms with E-state index in [1.165, 1.54) is 17.4 Å². The van der Waals surface area contributed by atoms with Crippen LogP contribution < -0.4 is 5.32 Å². The maximum Gasteiger partial charge on any atom is 0.341 e. The predicted molar refractivity (Wildman–Crippen MR) is 117 cm³/mol. The van der Waals surface area contributed by atoms with Crippen molar-refractivity contribution in [2.24, 2.45) is 4.40 Å². The van der Waals surface area contributed by atoms with Crippen LogP contribution >= 0.6 is 27.3 Å². The predicted octanol–water partition coefficient (Wildman–Crippen LogP) is 4.92. The molecule has 148 valence electrons. The first-order valence-corrected chi connectivity index (χ1v) is 11.8. The summed E-state index contributed by atoms with van der Waals surface area (Å²) in [5.74, 6) is -0.292. The molecule has 0 atom stereocenters. The van der Waals surface area contributed by atoms with E-state index in [0.717, 1.165) is 10.0 Å². The molecule has 0 saturated heterocycles. The molecule has 1 aliphatic heterocycles. The lowest BCUT2D eigenvalue weighted by Gasteiger charge is -2.09. The molecule has 4 rings (SSSR count). The Hall–Kier alpha value is -2.49. The maximum atomic E-state index is 12.7. The van der Waals surface area contributed by atoms with Gasteiger partial charge in [-0.15, -0.1) is 15.7 Å². The van der Waals surface area contributed by atoms with Crippen LogP contribution in [0.5, 0.6) is 0 Å². The standard InChI is InChI=1S/C20H15BrN2O4S2/c1-2-27-20(24)17-15(12-7-9-13(21)10-8-12)11-28-19(17)22-18-14-5-3-4-6-16(14)29(25,26)23-18/h3-11H,2H2,1H3,(H,22,23). The Balaban J connectivity index is 1.79. The van der Waals surface area contributed by atoms with Crippen molar-refractivity contribution in [3.05, 3.63) is 69.5 Å². The lowest BCUT2D eigenvalue weighted by molar-refractivity contribution is 0.0529. The highest BCUT2D eigenvalue weighted by molar-refractivity contribution is 9.10. The molecule has 2 aromatic carbocycles. The Labute approximate surface area is 180 Å². The molecule has 1 aromatic heterocycles. The quantitative estimate of drug-likeness (QED) is 0.524. The number of rotatable bonds is 4. The minimum atomic E-state index is -3.76. The average Bonchev–Trinajstić information content (AvgIpc) is 3.22. The molecule has 9 heteroatoms. The first-order chi connectivity index (χ1) is 13.9. The summed E-state index contributed by atoms with van der Waals surface area (Å²) in [5.41, 5.74) is 2.38. The summed E-state index contributed by atoms with van der Waals surface area (Å²) < 4.78 is 34.7. The summed E-state index contributed by atoms with van der Waals surface area (Å²) >= 11 is 4.70. The Morgan fingerprint density at radius 3 is 2.59 bits per heavy atom. The third kappa shape index (κ3) is 3.73. The molecule has 29 heavy (non-hydrogen) atoms. The molecule has 1 N–H and O–H groups in total. The molecule has 0 unspecified atom stereocenters. The summed E-state index contributed by atoms with van der Waals surface area (Å²) in [6, 6.07) is 14.1. The summed E-state index contributed by atoms with van der Waals surface area (Å²) in [5, 5.41) is 5.36. The number of nitrogens with one attached hydrogen (secondary N) is 1. The first-order valence-electron chi connectivity index (χ1n) is 8.66. The minimum absolute atomic E-state index is 0.143. The molecule has 0 amide bonds. The topological polar surface area (TPSA) is 84.8 Å². The number of esters is 1. The molecular weight excluding hydrogens is 476 g/mol. The second kappa shape index (κ2) is 7.74. The van der Waals surface area contributed by atoms with Gasteiger partial charge in [0.1, 0.15) is 15.5 Å². The van der Waals surface area contributed by atoms with E-state index in [4.69, 9.17) is 4.74 Å². The number of sulfonamides is 1. The zero-order valence-corrected chi connectivity index (χ0v) is 18.4. The molecule has 3 aromatic rings. The van der Waals surface area contributed by atoms with Crippen LogP contribution in [0.3, 0.4) is 0 Å². The highest BCUT2D eigenvalue weighted by atomic mass is 79.9. The zero-order chi connectivity index (χ0) is 20.6. The first kappa shape index (κ1) is 19.8. The number of hydrogen-bond donors (Lipinski definition) is 1. The Morgan fingerprint density at radius 2 is 1.86 bits per heavy atom. The Kier molecular flexibility index (Phi) is 5.28. The Morgan fingerprint density at radius 1 is 1.14 bits per heavy atom. The largest absolute Gasteiger partial charge is 0.462 e. The summed E-state index contributed by atoms with van der Waals surface area (Å²) in [4.78, 5) is 12.9. The smallest absolute Gasteiger partial charge is 0.341 e. The molecule has 1 aliphatic rings. The fourth-order valence-electron chi connectivity index (χ4n) is 3.00. The van der Waals surface area contributed by atoms with Gasteiger partial charge in [0, 0.05) is 21.0 Å². The van der Waals surface area contributed by atoms with Gasteiger partial charge in [0.05, 0.1) is 6.61 Å². The van der Waals surface area contributed by atoms with Crippen LogP contribution in [0.4, 0.5) is 5.00 Å². The van der Waals surface area contributed by atoms with Crippen LogP contribution in [0.25, 0.3) is 11.1 Å². The van der Waals surface area contributed by atoms with Crippen LogP contribution in [0, 0.1) is 0 Å². The van der Waals surface area contributed by atoms with Crippen molar-refractivity contribution in [2.75, 3.05) is 11.9 Å². The van der Waals surface area contributed by atoms with E-state index in [9.17, 15) is 13.2 Å². The molecule has 2 heterocycles. The van der Waals surface area contributed by atoms with Crippen molar-refractivity contribution in [1.82, 2.24) is 0 Å². The van der Waals surface area contributed by atoms with Gasteiger partial charge in [-0.25, -0.2) is 4.79 Å². The second-order valence-electron chi connectivity index (χ2n) is 6.12. The molecule has 0 saturated carbocycles. The number of anilines is 1. The van der Waals surface area contributed by atoms with Gasteiger partial charge in [0.2, 0.25) is 0 Å². The number of nitrogens with zero attached hydrogens (tertiary/aromatic N) is 1. The van der Waals surface area contributed by atoms with Gasteiger partial charge in [-0.05, 0) is 36.8 Å². The van der Waals surface area contributed by atoms with E-state index in [2.05, 4.69) is 25.6 Å². The van der Waals surface area contributed by atoms with Gasteiger partial charge in [0.25, 0.3) is 10.0 Å². The fourth-order valence-corrected chi connectivity index (χ4v) is 5.40. The van der Waals surface area contributed by atoms with Crippen LogP contribution in [-0.4, -0.2) is 26.8 Å². The third-order valence-electron chi connectivity index (χ3n) is 4.29. The van der Waals surface area contributed by atoms with Crippen LogP contribution in [0.1, 0.15) is 22.8 Å². The maximum absolute atomic E-state index is 12.7. The van der Waals surface area contributed by atoms with Gasteiger partial charge in [-0.1, -0.05) is 40.2 Å². The highest BCUT2D eigenvalue weighted by Crippen LogP contribution is 2.38. The number of hydrogen-bond acceptors (Lipinski definition) is 6. The second-order valence-corrected chi connectivity index (χ2v) is 9.48. The molecular formula is C20H15BrN2O4S2. The van der Waals surface area contributed by atoms with Crippen molar-refractivity contribution < 1.29 is 17.9 Å². The highest BCUT2D eigenvalue weighted by Gasteiger charge is 2.30. The van der Waals surface area contributed by atoms with Crippen LogP contribution in [0.15, 0.2) is 67.7 Å². The lowest BCUT2D eigenvalue weighted by Crippen LogP contribution is -2.14. The van der Waals surface area contributed by atoms with Crippen LogP contribution in [-0.2, 0) is 14.8 Å². The van der Waals surface area contributed by atoms with Crippen molar-refractivity contribution in [1.29, 1.82) is 0 Å². The van der Waals surface area contributed by atoms with Gasteiger partial charge in [-0.2, -0.15) is 8.42 Å². The number of fused-ring (bicyclic) bond motifs is 1. The van der Waals surface area contributed by atoms with Gasteiger partial charge < -0.3 is 10.1 Å². The van der Waals surface area contributed by atoms with Crippen molar-refractivity contribution in [3.8, 4) is 11.1 Å². The third-order valence-corrected chi connectivity index (χ3v) is 7.05. The van der Waals surface area contributed by atoms with E-state index >= 15 is 0 Å². The van der Waals surface area contributed by atoms with Crippen LogP contribution in [0.2, 0.25) is 0 Å². The number of carbonyl (C=O) groups is 1. The SMILES string of the molecule is CCOC(=O)c1c(-c2ccc(Br)cc2)csc1NC1=NS(=O)(=O)c2ccccc21. The summed E-state index contributed by atoms with van der Waals surface area (Å²) in [7, 11) is -3.76. The summed E-state index contributed by atoms with van der Waals surface area (Å²) in [6.07, 6.45) is 0. The summed E-state index contributed by atoms with van der Waals surface area (Å²) in [6.45, 7) is 1.96. The van der Waals surface area contributed by atoms with E-state index < -0.39 is 16.0 Å². The molecule has 0 bridgehead atoms. The monoisotopic (exact) mass is 490 g/mol. The average molecular weight is 491 g/mol. The molecule has 0 spiro atoms. The van der Waals surface area contributed by atoms with Gasteiger partial charge in [-0.3, -0.25) is 0 Å². The van der Waals surface area contributed by atoms with E-state index in [1.807, 2.05) is 29.6 Å². The number of halogens is 1. The zero-order valence-electron chi connectivity index (χ0n) is 15.2. The Bertz CT molecular complexity index is 1230. The number of thiophene rings is 1. The van der Waals surface area contributed by atoms with Gasteiger partial charge >= 0.3 is 5.97 Å². The van der Waals surface area contributed by atoms with E-state index in [-0.39, 0.29) is 17.3 Å². The fraction of sp³-hybridized carbons (Fsp3) is 0.100. The molecule has 0 fully saturated rings. The van der Waals surface area contributed by atoms with E-state index in [0.29, 0.717) is 21.7 Å². The van der Waals surface area contributed by atoms with E-state index in [1.54, 1.807) is 25.1 Å². The number of ether oxygens (including phenoxy) is 1. The normalized spacial score (nSPS) is 14.2. The molecule has 0 aliphatic carbocycles. The minimum Gasteiger partial charge on any atom is -0.462 e. The lowest BCUT2D eigenvalue weighted by atomic mass is 10.0. The number of benzene rings is 2. The number of amidine groups is 1. The number of carbonyl (C=O) groups excluding carboxylic acids is 1. The van der Waals surface area contributed by atoms with Crippen molar-refractivity contribution in [3.63, 3.8) is 0 Å². The van der Waals surface area contributed by atoms with Gasteiger partial charge in [0.15, 0.2) is 5.84 Å². The molecule has 0 radical (unpaired) electrons. The van der Waals surface area contributed by atoms with Crippen molar-refractivity contribution in [2.45, 2.75) is 11.8 Å². The van der Waals surface area contributed by atoms with Crippen molar-refractivity contribution >= 4 is 54.1 Å². The molecule has 6 nitrogen and oxygen atoms in total.